The van der Waals surface area contributed by atoms with Gasteiger partial charge in [-0.25, -0.2) is 12.8 Å². The number of benzene rings is 1. The van der Waals surface area contributed by atoms with Crippen molar-refractivity contribution in [2.45, 2.75) is 24.2 Å². The van der Waals surface area contributed by atoms with Crippen LogP contribution in [0.2, 0.25) is 5.02 Å². The summed E-state index contributed by atoms with van der Waals surface area (Å²) in [7, 11) is -3.87. The Hall–Kier alpha value is -0.880. The first-order valence-corrected chi connectivity index (χ1v) is 10.1. The van der Waals surface area contributed by atoms with E-state index >= 15 is 0 Å². The average molecular weight is 390 g/mol. The van der Waals surface area contributed by atoms with E-state index in [1.165, 1.54) is 22.5 Å². The van der Waals surface area contributed by atoms with Gasteiger partial charge in [0.2, 0.25) is 10.0 Å². The van der Waals surface area contributed by atoms with Gasteiger partial charge in [-0.15, -0.1) is 0 Å². The summed E-state index contributed by atoms with van der Waals surface area (Å²) in [6.07, 6.45) is 8.44. The lowest BCUT2D eigenvalue weighted by Gasteiger charge is -2.34. The topological polar surface area (TPSA) is 37.4 Å². The van der Waals surface area contributed by atoms with Gasteiger partial charge >= 0.3 is 0 Å². The molecule has 0 bridgehead atoms. The molecule has 1 aliphatic heterocycles. The molecule has 130 valence electrons. The first-order valence-electron chi connectivity index (χ1n) is 7.86. The fourth-order valence-corrected chi connectivity index (χ4v) is 5.31. The highest BCUT2D eigenvalue weighted by atomic mass is 35.5. The molecule has 0 aromatic heterocycles. The lowest BCUT2D eigenvalue weighted by atomic mass is 9.83. The maximum atomic E-state index is 14.1. The summed E-state index contributed by atoms with van der Waals surface area (Å²) < 4.78 is 40.8. The van der Waals surface area contributed by atoms with Crippen molar-refractivity contribution in [3.8, 4) is 0 Å². The van der Waals surface area contributed by atoms with Crippen LogP contribution < -0.4 is 0 Å². The second-order valence-electron chi connectivity index (χ2n) is 6.12. The molecule has 0 radical (unpaired) electrons. The summed E-state index contributed by atoms with van der Waals surface area (Å²) >= 11 is 11.8. The van der Waals surface area contributed by atoms with Gasteiger partial charge in [0.1, 0.15) is 4.90 Å². The van der Waals surface area contributed by atoms with E-state index in [0.29, 0.717) is 19.0 Å². The number of hydrogen-bond donors (Lipinski definition) is 0. The van der Waals surface area contributed by atoms with E-state index < -0.39 is 15.8 Å². The highest BCUT2D eigenvalue weighted by molar-refractivity contribution is 7.89. The van der Waals surface area contributed by atoms with Crippen molar-refractivity contribution in [3.05, 3.63) is 52.3 Å². The van der Waals surface area contributed by atoms with Crippen molar-refractivity contribution >= 4 is 33.2 Å². The molecule has 7 heteroatoms. The summed E-state index contributed by atoms with van der Waals surface area (Å²) in [6.45, 7) is 0.740. The Morgan fingerprint density at radius 2 is 1.88 bits per heavy atom. The van der Waals surface area contributed by atoms with Crippen LogP contribution in [0.3, 0.4) is 0 Å². The van der Waals surface area contributed by atoms with Crippen molar-refractivity contribution in [2.24, 2.45) is 11.8 Å². The molecule has 0 spiro atoms. The van der Waals surface area contributed by atoms with Crippen molar-refractivity contribution in [2.75, 3.05) is 13.1 Å². The van der Waals surface area contributed by atoms with Gasteiger partial charge in [-0.3, -0.25) is 0 Å². The lowest BCUT2D eigenvalue weighted by molar-refractivity contribution is 0.249. The minimum Gasteiger partial charge on any atom is -0.207 e. The maximum absolute atomic E-state index is 14.1. The summed E-state index contributed by atoms with van der Waals surface area (Å²) in [5, 5.41) is 0.650. The fraction of sp³-hybridized carbons (Fsp3) is 0.412. The third-order valence-electron chi connectivity index (χ3n) is 4.62. The van der Waals surface area contributed by atoms with Crippen LogP contribution in [0.4, 0.5) is 4.39 Å². The van der Waals surface area contributed by atoms with Gasteiger partial charge in [0, 0.05) is 24.5 Å². The Kier molecular flexibility index (Phi) is 5.35. The first-order chi connectivity index (χ1) is 11.4. The second-order valence-corrected chi connectivity index (χ2v) is 8.92. The van der Waals surface area contributed by atoms with Crippen LogP contribution in [-0.4, -0.2) is 25.8 Å². The molecule has 3 nitrogen and oxygen atoms in total. The lowest BCUT2D eigenvalue weighted by Crippen LogP contribution is -2.40. The maximum Gasteiger partial charge on any atom is 0.246 e. The molecule has 1 heterocycles. The van der Waals surface area contributed by atoms with E-state index in [4.69, 9.17) is 23.2 Å². The molecule has 1 aromatic rings. The van der Waals surface area contributed by atoms with Crippen LogP contribution in [0.1, 0.15) is 19.3 Å². The van der Waals surface area contributed by atoms with Crippen molar-refractivity contribution in [1.29, 1.82) is 0 Å². The van der Waals surface area contributed by atoms with E-state index in [1.807, 2.05) is 6.08 Å². The number of hydrogen-bond acceptors (Lipinski definition) is 2. The molecular weight excluding hydrogens is 372 g/mol. The molecule has 1 aliphatic carbocycles. The minimum atomic E-state index is -3.87. The van der Waals surface area contributed by atoms with E-state index in [2.05, 4.69) is 12.2 Å². The monoisotopic (exact) mass is 389 g/mol. The Bertz CT molecular complexity index is 784. The van der Waals surface area contributed by atoms with Gasteiger partial charge in [0.15, 0.2) is 5.82 Å². The number of rotatable bonds is 3. The van der Waals surface area contributed by atoms with Crippen molar-refractivity contribution in [1.82, 2.24) is 4.31 Å². The van der Waals surface area contributed by atoms with Gasteiger partial charge in [0.05, 0.1) is 5.02 Å². The number of allylic oxidation sites excluding steroid dienone is 4. The van der Waals surface area contributed by atoms with Gasteiger partial charge < -0.3 is 0 Å². The molecule has 1 aromatic carbocycles. The third-order valence-corrected chi connectivity index (χ3v) is 7.11. The molecule has 24 heavy (non-hydrogen) atoms. The van der Waals surface area contributed by atoms with Crippen LogP contribution in [-0.2, 0) is 10.0 Å². The van der Waals surface area contributed by atoms with Crippen LogP contribution in [0, 0.1) is 17.7 Å². The molecule has 3 rings (SSSR count). The summed E-state index contributed by atoms with van der Waals surface area (Å²) in [5.74, 6) is -0.281. The molecule has 0 amide bonds. The zero-order chi connectivity index (χ0) is 17.3. The minimum absolute atomic E-state index is 0.182. The van der Waals surface area contributed by atoms with E-state index in [9.17, 15) is 12.8 Å². The zero-order valence-electron chi connectivity index (χ0n) is 13.0. The molecule has 0 saturated carbocycles. The molecule has 1 unspecified atom stereocenters. The smallest absolute Gasteiger partial charge is 0.207 e. The van der Waals surface area contributed by atoms with Gasteiger partial charge in [-0.2, -0.15) is 4.31 Å². The van der Waals surface area contributed by atoms with E-state index in [1.54, 1.807) is 0 Å². The zero-order valence-corrected chi connectivity index (χ0v) is 15.3. The highest BCUT2D eigenvalue weighted by Gasteiger charge is 2.33. The van der Waals surface area contributed by atoms with Crippen molar-refractivity contribution in [3.63, 3.8) is 0 Å². The standard InChI is InChI=1S/C17H18Cl2FNO2S/c18-14-4-1-3-13(11-14)12-7-9-21(10-8-12)24(22,23)16-6-2-5-15(19)17(16)20/h1-3,5-6,11-13H,4,7-10H2. The molecule has 0 N–H and O–H groups in total. The number of halogens is 3. The average Bonchev–Trinajstić information content (AvgIpc) is 2.57. The van der Waals surface area contributed by atoms with E-state index in [0.717, 1.165) is 24.3 Å². The number of nitrogens with zero attached hydrogens (tertiary/aromatic N) is 1. The molecular formula is C17H18Cl2FNO2S. The SMILES string of the molecule is O=S(=O)(c1cccc(Cl)c1F)N1CCC(C2C=CCC(Cl)=C2)CC1. The first kappa shape index (κ1) is 17.9. The largest absolute Gasteiger partial charge is 0.246 e. The summed E-state index contributed by atoms with van der Waals surface area (Å²) in [5.41, 5.74) is 0. The van der Waals surface area contributed by atoms with Crippen LogP contribution >= 0.6 is 23.2 Å². The summed E-state index contributed by atoms with van der Waals surface area (Å²) in [6, 6.07) is 4.05. The predicted molar refractivity (Wildman–Crippen MR) is 94.1 cm³/mol. The molecule has 1 saturated heterocycles. The summed E-state index contributed by atoms with van der Waals surface area (Å²) in [4.78, 5) is -0.353. The fourth-order valence-electron chi connectivity index (χ4n) is 3.29. The number of sulfonamides is 1. The van der Waals surface area contributed by atoms with Crippen LogP contribution in [0.5, 0.6) is 0 Å². The molecule has 1 fully saturated rings. The molecule has 1 atom stereocenters. The van der Waals surface area contributed by atoms with Crippen molar-refractivity contribution < 1.29 is 12.8 Å². The van der Waals surface area contributed by atoms with Gasteiger partial charge in [0.25, 0.3) is 0 Å². The highest BCUT2D eigenvalue weighted by Crippen LogP contribution is 2.34. The third kappa shape index (κ3) is 3.54. The Balaban J connectivity index is 1.73. The Labute approximate surface area is 151 Å². The quantitative estimate of drug-likeness (QED) is 0.709. The van der Waals surface area contributed by atoms with Crippen LogP contribution in [0.15, 0.2) is 46.4 Å². The normalized spacial score (nSPS) is 23.3. The van der Waals surface area contributed by atoms with Gasteiger partial charge in [-0.05, 0) is 36.8 Å². The Morgan fingerprint density at radius 3 is 2.54 bits per heavy atom. The van der Waals surface area contributed by atoms with Crippen LogP contribution in [0.25, 0.3) is 0 Å². The Morgan fingerprint density at radius 1 is 1.17 bits per heavy atom. The van der Waals surface area contributed by atoms with E-state index in [-0.39, 0.29) is 15.8 Å². The predicted octanol–water partition coefficient (Wildman–Crippen LogP) is 4.58. The molecule has 2 aliphatic rings. The second kappa shape index (κ2) is 7.16. The number of piperidine rings is 1. The van der Waals surface area contributed by atoms with Gasteiger partial charge in [-0.1, -0.05) is 47.5 Å².